The van der Waals surface area contributed by atoms with E-state index >= 15 is 0 Å². The first-order chi connectivity index (χ1) is 12.2. The molecular formula is C22H29FN2. The molecule has 134 valence electrons. The first-order valence-electron chi connectivity index (χ1n) is 9.24. The van der Waals surface area contributed by atoms with Crippen molar-refractivity contribution in [3.63, 3.8) is 0 Å². The molecule has 0 aliphatic carbocycles. The number of halogens is 1. The molecule has 3 heteroatoms. The minimum absolute atomic E-state index is 0.239. The molecule has 0 spiro atoms. The van der Waals surface area contributed by atoms with Gasteiger partial charge >= 0.3 is 0 Å². The van der Waals surface area contributed by atoms with Crippen molar-refractivity contribution in [1.29, 1.82) is 0 Å². The number of rotatable bonds is 7. The summed E-state index contributed by atoms with van der Waals surface area (Å²) in [5, 5.41) is 0. The minimum atomic E-state index is -0.240. The summed E-state index contributed by atoms with van der Waals surface area (Å²) < 4.78 is 14.1. The number of piperidine rings is 1. The van der Waals surface area contributed by atoms with Crippen LogP contribution in [-0.2, 0) is 13.1 Å². The smallest absolute Gasteiger partial charge is 0.0975 e. The molecule has 0 amide bonds. The number of hydrogen-bond donors (Lipinski definition) is 0. The maximum atomic E-state index is 14.1. The molecule has 2 nitrogen and oxygen atoms in total. The topological polar surface area (TPSA) is 6.48 Å². The van der Waals surface area contributed by atoms with E-state index in [2.05, 4.69) is 65.4 Å². The highest BCUT2D eigenvalue weighted by Crippen LogP contribution is 2.32. The average Bonchev–Trinajstić information content (AvgIpc) is 2.63. The molecule has 0 saturated carbocycles. The van der Waals surface area contributed by atoms with Gasteiger partial charge in [-0.15, -0.1) is 0 Å². The largest absolute Gasteiger partial charge is 0.301 e. The summed E-state index contributed by atoms with van der Waals surface area (Å²) in [5.74, 6) is 0. The molecule has 0 N–H and O–H groups in total. The molecular weight excluding hydrogens is 311 g/mol. The lowest BCUT2D eigenvalue weighted by molar-refractivity contribution is 0.0303. The Morgan fingerprint density at radius 3 is 2.28 bits per heavy atom. The van der Waals surface area contributed by atoms with Crippen LogP contribution in [-0.4, -0.2) is 43.2 Å². The standard InChI is InChI=1S/C22H29FN2/c1-24(15-20-9-4-2-5-10-20)18-22(17-23)13-8-14-25(19-22)16-21-11-6-3-7-12-21/h2-7,9-12H,8,13-19H2,1H3. The normalized spacial score (nSPS) is 21.6. The fourth-order valence-electron chi connectivity index (χ4n) is 4.09. The van der Waals surface area contributed by atoms with Crippen molar-refractivity contribution in [2.75, 3.05) is 33.4 Å². The Bertz CT molecular complexity index is 627. The Balaban J connectivity index is 1.61. The molecule has 0 aromatic heterocycles. The highest BCUT2D eigenvalue weighted by molar-refractivity contribution is 5.15. The van der Waals surface area contributed by atoms with Crippen LogP contribution in [0.25, 0.3) is 0 Å². The van der Waals surface area contributed by atoms with Crippen LogP contribution in [0, 0.1) is 5.41 Å². The average molecular weight is 340 g/mol. The summed E-state index contributed by atoms with van der Waals surface area (Å²) in [4.78, 5) is 4.70. The molecule has 1 aliphatic heterocycles. The van der Waals surface area contributed by atoms with Crippen LogP contribution in [0.1, 0.15) is 24.0 Å². The third-order valence-electron chi connectivity index (χ3n) is 5.17. The van der Waals surface area contributed by atoms with Crippen molar-refractivity contribution >= 4 is 0 Å². The third-order valence-corrected chi connectivity index (χ3v) is 5.17. The van der Waals surface area contributed by atoms with E-state index in [1.165, 1.54) is 11.1 Å². The Kier molecular flexibility index (Phi) is 6.22. The van der Waals surface area contributed by atoms with Crippen LogP contribution < -0.4 is 0 Å². The van der Waals surface area contributed by atoms with Crippen molar-refractivity contribution in [2.45, 2.75) is 25.9 Å². The zero-order chi connectivity index (χ0) is 17.5. The molecule has 25 heavy (non-hydrogen) atoms. The molecule has 1 atom stereocenters. The van der Waals surface area contributed by atoms with Crippen LogP contribution in [0.3, 0.4) is 0 Å². The van der Waals surface area contributed by atoms with Gasteiger partial charge in [0.05, 0.1) is 6.67 Å². The highest BCUT2D eigenvalue weighted by Gasteiger charge is 2.36. The van der Waals surface area contributed by atoms with Gasteiger partial charge in [0.2, 0.25) is 0 Å². The van der Waals surface area contributed by atoms with E-state index in [9.17, 15) is 4.39 Å². The van der Waals surface area contributed by atoms with Gasteiger partial charge in [-0.3, -0.25) is 9.29 Å². The molecule has 1 fully saturated rings. The van der Waals surface area contributed by atoms with Gasteiger partial charge in [0, 0.05) is 31.6 Å². The van der Waals surface area contributed by atoms with E-state index in [0.29, 0.717) is 0 Å². The number of nitrogens with zero attached hydrogens (tertiary/aromatic N) is 2. The molecule has 1 unspecified atom stereocenters. The molecule has 2 aromatic carbocycles. The highest BCUT2D eigenvalue weighted by atomic mass is 19.1. The monoisotopic (exact) mass is 340 g/mol. The van der Waals surface area contributed by atoms with E-state index in [-0.39, 0.29) is 12.1 Å². The number of alkyl halides is 1. The van der Waals surface area contributed by atoms with E-state index in [1.54, 1.807) is 0 Å². The van der Waals surface area contributed by atoms with Gasteiger partial charge in [0.25, 0.3) is 0 Å². The second-order valence-electron chi connectivity index (χ2n) is 7.59. The van der Waals surface area contributed by atoms with Crippen LogP contribution >= 0.6 is 0 Å². The maximum Gasteiger partial charge on any atom is 0.0975 e. The molecule has 2 aromatic rings. The SMILES string of the molecule is CN(Cc1ccccc1)CC1(CF)CCCN(Cc2ccccc2)C1. The fourth-order valence-corrected chi connectivity index (χ4v) is 4.09. The lowest BCUT2D eigenvalue weighted by Crippen LogP contribution is -2.49. The summed E-state index contributed by atoms with van der Waals surface area (Å²) in [5.41, 5.74) is 2.36. The first-order valence-corrected chi connectivity index (χ1v) is 9.24. The van der Waals surface area contributed by atoms with Crippen molar-refractivity contribution < 1.29 is 4.39 Å². The Hall–Kier alpha value is -1.71. The van der Waals surface area contributed by atoms with E-state index in [0.717, 1.165) is 45.6 Å². The van der Waals surface area contributed by atoms with Crippen LogP contribution in [0.4, 0.5) is 4.39 Å². The molecule has 1 aliphatic rings. The summed E-state index contributed by atoms with van der Waals surface area (Å²) in [7, 11) is 2.11. The fraction of sp³-hybridized carbons (Fsp3) is 0.455. The van der Waals surface area contributed by atoms with Gasteiger partial charge in [-0.05, 0) is 37.6 Å². The zero-order valence-corrected chi connectivity index (χ0v) is 15.2. The predicted molar refractivity (Wildman–Crippen MR) is 102 cm³/mol. The minimum Gasteiger partial charge on any atom is -0.301 e. The van der Waals surface area contributed by atoms with Crippen molar-refractivity contribution in [2.24, 2.45) is 5.41 Å². The first kappa shape index (κ1) is 18.1. The van der Waals surface area contributed by atoms with E-state index in [1.807, 2.05) is 12.1 Å². The summed E-state index contributed by atoms with van der Waals surface area (Å²) in [6, 6.07) is 21.0. The van der Waals surface area contributed by atoms with Crippen molar-refractivity contribution in [1.82, 2.24) is 9.80 Å². The number of hydrogen-bond acceptors (Lipinski definition) is 2. The van der Waals surface area contributed by atoms with Crippen molar-refractivity contribution in [3.8, 4) is 0 Å². The van der Waals surface area contributed by atoms with E-state index < -0.39 is 0 Å². The zero-order valence-electron chi connectivity index (χ0n) is 15.2. The van der Waals surface area contributed by atoms with Gasteiger partial charge in [-0.25, -0.2) is 0 Å². The Morgan fingerprint density at radius 2 is 1.64 bits per heavy atom. The number of likely N-dealkylation sites (tertiary alicyclic amines) is 1. The molecule has 0 bridgehead atoms. The molecule has 1 saturated heterocycles. The Morgan fingerprint density at radius 1 is 1.00 bits per heavy atom. The third kappa shape index (κ3) is 5.13. The van der Waals surface area contributed by atoms with Gasteiger partial charge in [-0.2, -0.15) is 0 Å². The lowest BCUT2D eigenvalue weighted by atomic mass is 9.80. The summed E-state index contributed by atoms with van der Waals surface area (Å²) >= 11 is 0. The number of benzene rings is 2. The van der Waals surface area contributed by atoms with Crippen LogP contribution in [0.15, 0.2) is 60.7 Å². The Labute approximate surface area is 151 Å². The lowest BCUT2D eigenvalue weighted by Gasteiger charge is -2.43. The van der Waals surface area contributed by atoms with Crippen molar-refractivity contribution in [3.05, 3.63) is 71.8 Å². The quantitative estimate of drug-likeness (QED) is 0.738. The van der Waals surface area contributed by atoms with Gasteiger partial charge < -0.3 is 4.90 Å². The summed E-state index contributed by atoms with van der Waals surface area (Å²) in [6.07, 6.45) is 2.06. The van der Waals surface area contributed by atoms with Gasteiger partial charge in [0.15, 0.2) is 0 Å². The van der Waals surface area contributed by atoms with Gasteiger partial charge in [-0.1, -0.05) is 60.7 Å². The van der Waals surface area contributed by atoms with E-state index in [4.69, 9.17) is 0 Å². The van der Waals surface area contributed by atoms with Crippen LogP contribution in [0.2, 0.25) is 0 Å². The predicted octanol–water partition coefficient (Wildman–Crippen LogP) is 4.37. The summed E-state index contributed by atoms with van der Waals surface area (Å²) in [6.45, 7) is 4.28. The van der Waals surface area contributed by atoms with Crippen LogP contribution in [0.5, 0.6) is 0 Å². The second kappa shape index (κ2) is 8.59. The molecule has 1 heterocycles. The second-order valence-corrected chi connectivity index (χ2v) is 7.59. The molecule has 0 radical (unpaired) electrons. The van der Waals surface area contributed by atoms with Gasteiger partial charge in [0.1, 0.15) is 0 Å². The maximum absolute atomic E-state index is 14.1. The molecule has 3 rings (SSSR count).